The fraction of sp³-hybridized carbons (Fsp3) is 0.167. The molecule has 1 atom stereocenters. The second-order valence-electron chi connectivity index (χ2n) is 6.43. The first-order valence-electron chi connectivity index (χ1n) is 8.45. The molecule has 0 aromatic heterocycles. The first kappa shape index (κ1) is 19.2. The number of ether oxygens (including phenoxy) is 2. The summed E-state index contributed by atoms with van der Waals surface area (Å²) in [6.45, 7) is 1.25. The molecular formula is C18H11F2N3O7. The van der Waals surface area contributed by atoms with Gasteiger partial charge in [-0.25, -0.2) is 0 Å². The van der Waals surface area contributed by atoms with Gasteiger partial charge < -0.3 is 14.8 Å². The summed E-state index contributed by atoms with van der Waals surface area (Å²) in [5.74, 6) is -3.18. The van der Waals surface area contributed by atoms with E-state index < -0.39 is 46.2 Å². The molecule has 0 fully saturated rings. The summed E-state index contributed by atoms with van der Waals surface area (Å²) < 4.78 is 34.8. The first-order chi connectivity index (χ1) is 14.1. The summed E-state index contributed by atoms with van der Waals surface area (Å²) in [6, 6.07) is 5.77. The number of nitro groups is 1. The third kappa shape index (κ3) is 2.98. The quantitative estimate of drug-likeness (QED) is 0.458. The number of alkyl halides is 2. The molecular weight excluding hydrogens is 408 g/mol. The van der Waals surface area contributed by atoms with E-state index in [4.69, 9.17) is 0 Å². The van der Waals surface area contributed by atoms with Crippen LogP contribution >= 0.6 is 0 Å². The molecule has 2 aliphatic rings. The Morgan fingerprint density at radius 3 is 2.57 bits per heavy atom. The van der Waals surface area contributed by atoms with Crippen molar-refractivity contribution in [3.8, 4) is 11.5 Å². The van der Waals surface area contributed by atoms with E-state index in [0.29, 0.717) is 4.90 Å². The maximum Gasteiger partial charge on any atom is 0.586 e. The number of carbonyl (C=O) groups excluding carboxylic acids is 3. The van der Waals surface area contributed by atoms with E-state index in [1.54, 1.807) is 0 Å². The highest BCUT2D eigenvalue weighted by molar-refractivity contribution is 6.24. The van der Waals surface area contributed by atoms with Gasteiger partial charge in [-0.15, -0.1) is 8.78 Å². The van der Waals surface area contributed by atoms with Crippen LogP contribution in [0.3, 0.4) is 0 Å². The van der Waals surface area contributed by atoms with Crippen molar-refractivity contribution in [3.63, 3.8) is 0 Å². The molecule has 2 aromatic rings. The van der Waals surface area contributed by atoms with E-state index in [1.807, 2.05) is 0 Å². The van der Waals surface area contributed by atoms with Gasteiger partial charge in [-0.1, -0.05) is 6.07 Å². The van der Waals surface area contributed by atoms with Gasteiger partial charge in [0.2, 0.25) is 5.91 Å². The fourth-order valence-electron chi connectivity index (χ4n) is 3.18. The van der Waals surface area contributed by atoms with Crippen molar-refractivity contribution in [1.82, 2.24) is 4.90 Å². The number of carbonyl (C=O) groups is 3. The fourth-order valence-corrected chi connectivity index (χ4v) is 3.18. The number of hydrogen-bond donors (Lipinski definition) is 1. The molecule has 0 unspecified atom stereocenters. The number of fused-ring (bicyclic) bond motifs is 2. The number of amides is 3. The largest absolute Gasteiger partial charge is 0.586 e. The Morgan fingerprint density at radius 2 is 1.87 bits per heavy atom. The van der Waals surface area contributed by atoms with E-state index in [-0.39, 0.29) is 22.7 Å². The molecule has 0 spiro atoms. The summed E-state index contributed by atoms with van der Waals surface area (Å²) in [5.41, 5.74) is -1.07. The third-order valence-electron chi connectivity index (χ3n) is 4.56. The summed E-state index contributed by atoms with van der Waals surface area (Å²) in [6.07, 6.45) is -3.83. The number of hydrogen-bond acceptors (Lipinski definition) is 7. The van der Waals surface area contributed by atoms with Crippen LogP contribution in [-0.4, -0.2) is 39.9 Å². The molecule has 1 N–H and O–H groups in total. The molecule has 0 saturated carbocycles. The monoisotopic (exact) mass is 419 g/mol. The predicted octanol–water partition coefficient (Wildman–Crippen LogP) is 2.54. The zero-order valence-electron chi connectivity index (χ0n) is 15.0. The molecule has 0 radical (unpaired) electrons. The molecule has 10 nitrogen and oxygen atoms in total. The van der Waals surface area contributed by atoms with Gasteiger partial charge in [0.15, 0.2) is 11.5 Å². The lowest BCUT2D eigenvalue weighted by Crippen LogP contribution is -2.45. The highest BCUT2D eigenvalue weighted by atomic mass is 19.3. The van der Waals surface area contributed by atoms with Crippen LogP contribution in [0.2, 0.25) is 0 Å². The van der Waals surface area contributed by atoms with Crippen molar-refractivity contribution in [2.75, 3.05) is 5.32 Å². The molecule has 2 aliphatic heterocycles. The van der Waals surface area contributed by atoms with E-state index in [1.165, 1.54) is 25.1 Å². The Bertz CT molecular complexity index is 1130. The van der Waals surface area contributed by atoms with Crippen LogP contribution in [0.25, 0.3) is 0 Å². The Labute approximate surface area is 166 Å². The highest BCUT2D eigenvalue weighted by Crippen LogP contribution is 2.42. The normalized spacial score (nSPS) is 17.0. The first-order valence-corrected chi connectivity index (χ1v) is 8.45. The van der Waals surface area contributed by atoms with Crippen molar-refractivity contribution < 1.29 is 37.6 Å². The Balaban J connectivity index is 1.56. The van der Waals surface area contributed by atoms with Gasteiger partial charge in [0.25, 0.3) is 17.5 Å². The Kier molecular flexibility index (Phi) is 4.15. The summed E-state index contributed by atoms with van der Waals surface area (Å²) in [5, 5.41) is 13.6. The summed E-state index contributed by atoms with van der Waals surface area (Å²) >= 11 is 0. The number of nitro benzene ring substituents is 1. The molecule has 0 bridgehead atoms. The van der Waals surface area contributed by atoms with Crippen LogP contribution < -0.4 is 14.8 Å². The minimum Gasteiger partial charge on any atom is -0.395 e. The van der Waals surface area contributed by atoms with Crippen molar-refractivity contribution in [2.45, 2.75) is 19.3 Å². The van der Waals surface area contributed by atoms with Crippen LogP contribution in [0.5, 0.6) is 11.5 Å². The number of benzene rings is 2. The van der Waals surface area contributed by atoms with Crippen molar-refractivity contribution >= 4 is 29.1 Å². The van der Waals surface area contributed by atoms with Gasteiger partial charge in [0.05, 0.1) is 10.5 Å². The molecule has 0 aliphatic carbocycles. The van der Waals surface area contributed by atoms with Gasteiger partial charge in [0, 0.05) is 17.8 Å². The standard InChI is InChI=1S/C18H11F2N3O7/c1-8(15(24)21-9-5-6-12-13(7-9)30-18(19,20)29-12)22-16(25)10-3-2-4-11(23(27)28)14(10)17(22)26/h2-8H,1H3,(H,21,24)/t8-/m0/s1. The van der Waals surface area contributed by atoms with Crippen LogP contribution in [0.4, 0.5) is 20.2 Å². The maximum atomic E-state index is 13.1. The second kappa shape index (κ2) is 6.47. The number of nitrogens with one attached hydrogen (secondary N) is 1. The van der Waals surface area contributed by atoms with Crippen molar-refractivity contribution in [1.29, 1.82) is 0 Å². The Hall–Kier alpha value is -4.09. The van der Waals surface area contributed by atoms with Crippen LogP contribution in [0, 0.1) is 10.1 Å². The maximum absolute atomic E-state index is 13.1. The molecule has 12 heteroatoms. The third-order valence-corrected chi connectivity index (χ3v) is 4.56. The van der Waals surface area contributed by atoms with E-state index in [0.717, 1.165) is 18.2 Å². The minimum atomic E-state index is -3.83. The minimum absolute atomic E-state index is 0.0505. The lowest BCUT2D eigenvalue weighted by Gasteiger charge is -2.21. The van der Waals surface area contributed by atoms with Crippen LogP contribution in [-0.2, 0) is 4.79 Å². The number of rotatable bonds is 4. The number of halogens is 2. The van der Waals surface area contributed by atoms with Gasteiger partial charge >= 0.3 is 6.29 Å². The van der Waals surface area contributed by atoms with Crippen LogP contribution in [0.15, 0.2) is 36.4 Å². The lowest BCUT2D eigenvalue weighted by molar-refractivity contribution is -0.385. The molecule has 3 amide bonds. The second-order valence-corrected chi connectivity index (χ2v) is 6.43. The topological polar surface area (TPSA) is 128 Å². The number of anilines is 1. The molecule has 2 aromatic carbocycles. The molecule has 30 heavy (non-hydrogen) atoms. The number of nitrogens with zero attached hydrogens (tertiary/aromatic N) is 2. The molecule has 4 rings (SSSR count). The lowest BCUT2D eigenvalue weighted by atomic mass is 10.1. The average molecular weight is 419 g/mol. The number of imide groups is 1. The summed E-state index contributed by atoms with van der Waals surface area (Å²) in [4.78, 5) is 48.8. The van der Waals surface area contributed by atoms with Gasteiger partial charge in [-0.3, -0.25) is 29.4 Å². The van der Waals surface area contributed by atoms with Gasteiger partial charge in [-0.2, -0.15) is 0 Å². The van der Waals surface area contributed by atoms with E-state index >= 15 is 0 Å². The van der Waals surface area contributed by atoms with Crippen molar-refractivity contribution in [2.24, 2.45) is 0 Å². The Morgan fingerprint density at radius 1 is 1.17 bits per heavy atom. The van der Waals surface area contributed by atoms with Gasteiger partial charge in [0.1, 0.15) is 11.6 Å². The zero-order valence-corrected chi connectivity index (χ0v) is 15.0. The SMILES string of the molecule is C[C@@H](C(=O)Nc1ccc2c(c1)OC(F)(F)O2)N1C(=O)c2cccc([N+](=O)[O-])c2C1=O. The van der Waals surface area contributed by atoms with Gasteiger partial charge in [-0.05, 0) is 25.1 Å². The molecule has 154 valence electrons. The van der Waals surface area contributed by atoms with Crippen molar-refractivity contribution in [3.05, 3.63) is 57.6 Å². The van der Waals surface area contributed by atoms with E-state index in [2.05, 4.69) is 14.8 Å². The van der Waals surface area contributed by atoms with Crippen LogP contribution in [0.1, 0.15) is 27.6 Å². The highest BCUT2D eigenvalue weighted by Gasteiger charge is 2.45. The smallest absolute Gasteiger partial charge is 0.395 e. The predicted molar refractivity (Wildman–Crippen MR) is 94.3 cm³/mol. The zero-order chi connectivity index (χ0) is 21.8. The molecule has 0 saturated heterocycles. The molecule has 2 heterocycles. The van der Waals surface area contributed by atoms with E-state index in [9.17, 15) is 33.3 Å². The summed E-state index contributed by atoms with van der Waals surface area (Å²) in [7, 11) is 0. The average Bonchev–Trinajstić information content (AvgIpc) is 3.12.